The molecule has 0 unspecified atom stereocenters. The molecule has 6 nitrogen and oxygen atoms in total. The van der Waals surface area contributed by atoms with E-state index in [0.717, 1.165) is 18.2 Å². The van der Waals surface area contributed by atoms with Crippen molar-refractivity contribution in [3.63, 3.8) is 0 Å². The maximum Gasteiger partial charge on any atom is 0.416 e. The van der Waals surface area contributed by atoms with Crippen molar-refractivity contribution in [3.8, 4) is 0 Å². The number of halogens is 3. The van der Waals surface area contributed by atoms with Gasteiger partial charge in [0.15, 0.2) is 0 Å². The zero-order valence-electron chi connectivity index (χ0n) is 12.3. The third-order valence-corrected chi connectivity index (χ3v) is 4.55. The first-order valence-corrected chi connectivity index (χ1v) is 8.37. The van der Waals surface area contributed by atoms with Crippen molar-refractivity contribution in [2.75, 3.05) is 6.54 Å². The molecule has 10 heteroatoms. The Kier molecular flexibility index (Phi) is 5.40. The minimum Gasteiger partial charge on any atom is -0.268 e. The van der Waals surface area contributed by atoms with E-state index < -0.39 is 26.7 Å². The summed E-state index contributed by atoms with van der Waals surface area (Å²) in [5.74, 6) is 0. The molecule has 0 atom stereocenters. The van der Waals surface area contributed by atoms with Crippen molar-refractivity contribution >= 4 is 10.0 Å². The molecule has 1 heterocycles. The highest BCUT2D eigenvalue weighted by atomic mass is 32.2. The topological polar surface area (TPSA) is 81.1 Å². The molecule has 0 saturated heterocycles. The van der Waals surface area contributed by atoms with Crippen molar-refractivity contribution in [1.82, 2.24) is 14.5 Å². The summed E-state index contributed by atoms with van der Waals surface area (Å²) in [5.41, 5.74) is -1.36. The van der Waals surface area contributed by atoms with Crippen LogP contribution in [-0.4, -0.2) is 24.7 Å². The van der Waals surface area contributed by atoms with E-state index >= 15 is 0 Å². The quantitative estimate of drug-likeness (QED) is 0.793. The lowest BCUT2D eigenvalue weighted by atomic mass is 10.2. The van der Waals surface area contributed by atoms with E-state index in [1.807, 2.05) is 0 Å². The standard InChI is InChI=1S/C14H14F3N3O3S/c15-14(16,17)11-4-1-5-12(10-11)24(22,23)19-8-3-9-20-13(21)6-2-7-18-20/h1-2,4-7,10,19H,3,8-9H2. The van der Waals surface area contributed by atoms with Crippen LogP contribution in [0.4, 0.5) is 13.2 Å². The monoisotopic (exact) mass is 361 g/mol. The van der Waals surface area contributed by atoms with Crippen LogP contribution in [0.1, 0.15) is 12.0 Å². The van der Waals surface area contributed by atoms with Crippen LogP contribution >= 0.6 is 0 Å². The van der Waals surface area contributed by atoms with Crippen LogP contribution in [0.15, 0.2) is 52.3 Å². The van der Waals surface area contributed by atoms with Crippen LogP contribution in [-0.2, 0) is 22.7 Å². The number of benzene rings is 1. The van der Waals surface area contributed by atoms with E-state index in [9.17, 15) is 26.4 Å². The Morgan fingerprint density at radius 2 is 1.92 bits per heavy atom. The summed E-state index contributed by atoms with van der Waals surface area (Å²) in [5, 5.41) is 3.81. The van der Waals surface area contributed by atoms with Crippen molar-refractivity contribution in [3.05, 3.63) is 58.5 Å². The highest BCUT2D eigenvalue weighted by Crippen LogP contribution is 2.30. The van der Waals surface area contributed by atoms with Gasteiger partial charge in [-0.25, -0.2) is 17.8 Å². The van der Waals surface area contributed by atoms with E-state index in [4.69, 9.17) is 0 Å². The van der Waals surface area contributed by atoms with Gasteiger partial charge < -0.3 is 0 Å². The second kappa shape index (κ2) is 7.14. The first-order chi connectivity index (χ1) is 11.2. The third-order valence-electron chi connectivity index (χ3n) is 3.10. The number of nitrogens with one attached hydrogen (secondary N) is 1. The van der Waals surface area contributed by atoms with Crippen LogP contribution in [0.25, 0.3) is 0 Å². The number of hydrogen-bond acceptors (Lipinski definition) is 4. The molecule has 2 rings (SSSR count). The van der Waals surface area contributed by atoms with Gasteiger partial charge in [0.25, 0.3) is 5.56 Å². The number of sulfonamides is 1. The third kappa shape index (κ3) is 4.65. The predicted octanol–water partition coefficient (Wildman–Crippen LogP) is 1.63. The average molecular weight is 361 g/mol. The van der Waals surface area contributed by atoms with Gasteiger partial charge in [-0.05, 0) is 30.7 Å². The largest absolute Gasteiger partial charge is 0.416 e. The first-order valence-electron chi connectivity index (χ1n) is 6.89. The molecule has 0 aliphatic heterocycles. The summed E-state index contributed by atoms with van der Waals surface area (Å²) in [6.45, 7) is 0.145. The van der Waals surface area contributed by atoms with Gasteiger partial charge in [0.2, 0.25) is 10.0 Å². The van der Waals surface area contributed by atoms with Crippen molar-refractivity contribution in [1.29, 1.82) is 0 Å². The molecule has 0 amide bonds. The SMILES string of the molecule is O=c1cccnn1CCCNS(=O)(=O)c1cccc(C(F)(F)F)c1. The lowest BCUT2D eigenvalue weighted by Gasteiger charge is -2.10. The summed E-state index contributed by atoms with van der Waals surface area (Å²) >= 11 is 0. The average Bonchev–Trinajstić information content (AvgIpc) is 2.52. The van der Waals surface area contributed by atoms with E-state index in [1.54, 1.807) is 0 Å². The Labute approximate surface area is 136 Å². The minimum absolute atomic E-state index is 0.0401. The number of nitrogens with zero attached hydrogens (tertiary/aromatic N) is 2. The summed E-state index contributed by atoms with van der Waals surface area (Å²) in [7, 11) is -4.07. The van der Waals surface area contributed by atoms with Gasteiger partial charge in [-0.3, -0.25) is 4.79 Å². The highest BCUT2D eigenvalue weighted by molar-refractivity contribution is 7.89. The summed E-state index contributed by atoms with van der Waals surface area (Å²) in [4.78, 5) is 11.0. The van der Waals surface area contributed by atoms with E-state index in [2.05, 4.69) is 9.82 Å². The molecular formula is C14H14F3N3O3S. The minimum atomic E-state index is -4.62. The maximum atomic E-state index is 12.6. The fourth-order valence-electron chi connectivity index (χ4n) is 1.91. The fourth-order valence-corrected chi connectivity index (χ4v) is 3.03. The zero-order chi connectivity index (χ0) is 17.8. The van der Waals surface area contributed by atoms with Gasteiger partial charge in [0, 0.05) is 25.4 Å². The maximum absolute atomic E-state index is 12.6. The number of aromatic nitrogens is 2. The van der Waals surface area contributed by atoms with Gasteiger partial charge in [-0.1, -0.05) is 6.07 Å². The predicted molar refractivity (Wildman–Crippen MR) is 79.7 cm³/mol. The van der Waals surface area contributed by atoms with Crippen LogP contribution in [0.5, 0.6) is 0 Å². The Hall–Kier alpha value is -2.20. The van der Waals surface area contributed by atoms with Crippen LogP contribution < -0.4 is 10.3 Å². The number of rotatable bonds is 6. The molecule has 0 aliphatic carbocycles. The second-order valence-electron chi connectivity index (χ2n) is 4.86. The molecule has 0 saturated carbocycles. The molecule has 1 aromatic heterocycles. The highest BCUT2D eigenvalue weighted by Gasteiger charge is 2.31. The Bertz CT molecular complexity index is 863. The number of hydrogen-bond donors (Lipinski definition) is 1. The van der Waals surface area contributed by atoms with Gasteiger partial charge in [-0.2, -0.15) is 18.3 Å². The van der Waals surface area contributed by atoms with Crippen molar-refractivity contribution in [2.45, 2.75) is 24.0 Å². The second-order valence-corrected chi connectivity index (χ2v) is 6.63. The first kappa shape index (κ1) is 18.1. The molecule has 2 aromatic rings. The molecule has 130 valence electrons. The van der Waals surface area contributed by atoms with E-state index in [1.165, 1.54) is 23.0 Å². The Morgan fingerprint density at radius 1 is 1.17 bits per heavy atom. The smallest absolute Gasteiger partial charge is 0.268 e. The lowest BCUT2D eigenvalue weighted by molar-refractivity contribution is -0.137. The Balaban J connectivity index is 1.99. The van der Waals surface area contributed by atoms with E-state index in [-0.39, 0.29) is 25.1 Å². The number of aryl methyl sites for hydroxylation is 1. The molecular weight excluding hydrogens is 347 g/mol. The summed E-state index contributed by atoms with van der Waals surface area (Å²) in [6.07, 6.45) is -2.94. The molecule has 0 spiro atoms. The van der Waals surface area contributed by atoms with Crippen molar-refractivity contribution in [2.24, 2.45) is 0 Å². The van der Waals surface area contributed by atoms with Crippen molar-refractivity contribution < 1.29 is 21.6 Å². The molecule has 24 heavy (non-hydrogen) atoms. The summed E-state index contributed by atoms with van der Waals surface area (Å²) < 4.78 is 65.3. The fraction of sp³-hybridized carbons (Fsp3) is 0.286. The van der Waals surface area contributed by atoms with Gasteiger partial charge >= 0.3 is 6.18 Å². The van der Waals surface area contributed by atoms with Crippen LogP contribution in [0.3, 0.4) is 0 Å². The van der Waals surface area contributed by atoms with Gasteiger partial charge in [0.1, 0.15) is 0 Å². The zero-order valence-corrected chi connectivity index (χ0v) is 13.1. The molecule has 1 N–H and O–H groups in total. The number of alkyl halides is 3. The van der Waals surface area contributed by atoms with Gasteiger partial charge in [-0.15, -0.1) is 0 Å². The van der Waals surface area contributed by atoms with Gasteiger partial charge in [0.05, 0.1) is 10.5 Å². The Morgan fingerprint density at radius 3 is 2.58 bits per heavy atom. The molecule has 0 aliphatic rings. The molecule has 0 radical (unpaired) electrons. The van der Waals surface area contributed by atoms with Crippen LogP contribution in [0.2, 0.25) is 0 Å². The molecule has 0 bridgehead atoms. The summed E-state index contributed by atoms with van der Waals surface area (Å²) in [6, 6.07) is 6.29. The van der Waals surface area contributed by atoms with E-state index in [0.29, 0.717) is 6.07 Å². The molecule has 0 fully saturated rings. The van der Waals surface area contributed by atoms with Crippen LogP contribution in [0, 0.1) is 0 Å². The normalized spacial score (nSPS) is 12.3. The molecule has 1 aromatic carbocycles. The lowest BCUT2D eigenvalue weighted by Crippen LogP contribution is -2.28.